The van der Waals surface area contributed by atoms with Crippen LogP contribution in [0.3, 0.4) is 0 Å². The Morgan fingerprint density at radius 2 is 2.19 bits per heavy atom. The van der Waals surface area contributed by atoms with Crippen LogP contribution < -0.4 is 16.0 Å². The fraction of sp³-hybridized carbons (Fsp3) is 0.471. The molecule has 3 aliphatic heterocycles. The van der Waals surface area contributed by atoms with Crippen molar-refractivity contribution in [2.24, 2.45) is 0 Å². The molecule has 0 aliphatic carbocycles. The topological polar surface area (TPSA) is 90.5 Å². The van der Waals surface area contributed by atoms with E-state index in [-0.39, 0.29) is 29.8 Å². The third-order valence-electron chi connectivity index (χ3n) is 5.02. The molecule has 9 heteroatoms. The van der Waals surface area contributed by atoms with Gasteiger partial charge in [0.2, 0.25) is 11.8 Å². The van der Waals surface area contributed by atoms with Crippen LogP contribution in [-0.2, 0) is 9.59 Å². The molecule has 3 unspecified atom stereocenters. The lowest BCUT2D eigenvalue weighted by atomic mass is 9.96. The Morgan fingerprint density at radius 3 is 2.96 bits per heavy atom. The van der Waals surface area contributed by atoms with Gasteiger partial charge in [-0.15, -0.1) is 11.8 Å². The molecule has 0 bridgehead atoms. The molecule has 138 valence electrons. The molecule has 1 aromatic carbocycles. The number of hydrogen-bond donors (Lipinski definition) is 3. The van der Waals surface area contributed by atoms with Crippen LogP contribution in [0, 0.1) is 0 Å². The second kappa shape index (κ2) is 7.21. The van der Waals surface area contributed by atoms with Gasteiger partial charge >= 0.3 is 0 Å². The Kier molecular flexibility index (Phi) is 4.94. The summed E-state index contributed by atoms with van der Waals surface area (Å²) in [6.45, 7) is 0.445. The van der Waals surface area contributed by atoms with Crippen LogP contribution in [0.2, 0.25) is 0 Å². The highest BCUT2D eigenvalue weighted by Gasteiger charge is 2.40. The van der Waals surface area contributed by atoms with E-state index in [1.54, 1.807) is 34.9 Å². The van der Waals surface area contributed by atoms with Gasteiger partial charge in [0.25, 0.3) is 5.91 Å². The molecule has 3 heterocycles. The molecule has 26 heavy (non-hydrogen) atoms. The summed E-state index contributed by atoms with van der Waals surface area (Å²) in [6, 6.07) is 4.41. The number of hydrogen-bond acceptors (Lipinski definition) is 5. The number of thioether (sulfide) groups is 1. The summed E-state index contributed by atoms with van der Waals surface area (Å²) in [5.41, 5.74) is 1.02. The quantitative estimate of drug-likeness (QED) is 0.644. The van der Waals surface area contributed by atoms with Crippen molar-refractivity contribution < 1.29 is 14.4 Å². The fourth-order valence-electron chi connectivity index (χ4n) is 3.63. The Labute approximate surface area is 163 Å². The lowest BCUT2D eigenvalue weighted by molar-refractivity contribution is -0.125. The molecule has 4 rings (SSSR count). The summed E-state index contributed by atoms with van der Waals surface area (Å²) in [5.74, 6) is 1.17. The second-order valence-electron chi connectivity index (χ2n) is 6.70. The molecule has 2 saturated heterocycles. The molecule has 7 nitrogen and oxygen atoms in total. The van der Waals surface area contributed by atoms with Gasteiger partial charge in [0.05, 0.1) is 17.3 Å². The van der Waals surface area contributed by atoms with Crippen LogP contribution in [0.25, 0.3) is 0 Å². The lowest BCUT2D eigenvalue weighted by Crippen LogP contribution is -2.56. The SMILES string of the molecule is O=C(NC1CCN2C(=O)c3cc(Br)ccc3NC(=O)C2C1)C1CSCN1. The summed E-state index contributed by atoms with van der Waals surface area (Å²) in [4.78, 5) is 39.6. The summed E-state index contributed by atoms with van der Waals surface area (Å²) in [7, 11) is 0. The van der Waals surface area contributed by atoms with E-state index in [2.05, 4.69) is 31.9 Å². The van der Waals surface area contributed by atoms with Crippen LogP contribution in [0.5, 0.6) is 0 Å². The standard InChI is InChI=1S/C17H19BrN4O3S/c18-9-1-2-12-11(5-9)17(25)22-4-3-10(6-14(22)16(24)21-12)20-15(23)13-7-26-8-19-13/h1-2,5,10,13-14,19H,3-4,6-8H2,(H,20,23)(H,21,24). The highest BCUT2D eigenvalue weighted by molar-refractivity contribution is 9.10. The molecular formula is C17H19BrN4O3S. The van der Waals surface area contributed by atoms with Crippen LogP contribution in [0.15, 0.2) is 22.7 Å². The lowest BCUT2D eigenvalue weighted by Gasteiger charge is -2.37. The number of halogens is 1. The Morgan fingerprint density at radius 1 is 1.35 bits per heavy atom. The van der Waals surface area contributed by atoms with Crippen LogP contribution in [-0.4, -0.2) is 58.9 Å². The number of fused-ring (bicyclic) bond motifs is 2. The van der Waals surface area contributed by atoms with E-state index in [1.807, 2.05) is 0 Å². The van der Waals surface area contributed by atoms with E-state index in [0.717, 1.165) is 16.1 Å². The summed E-state index contributed by atoms with van der Waals surface area (Å²) < 4.78 is 0.793. The van der Waals surface area contributed by atoms with Gasteiger partial charge in [0.1, 0.15) is 6.04 Å². The number of rotatable bonds is 2. The average molecular weight is 439 g/mol. The van der Waals surface area contributed by atoms with Crippen molar-refractivity contribution in [1.29, 1.82) is 0 Å². The predicted octanol–water partition coefficient (Wildman–Crippen LogP) is 1.15. The van der Waals surface area contributed by atoms with Crippen molar-refractivity contribution >= 4 is 51.1 Å². The maximum atomic E-state index is 12.9. The normalized spacial score (nSPS) is 28.0. The molecule has 3 amide bonds. The van der Waals surface area contributed by atoms with Crippen molar-refractivity contribution in [1.82, 2.24) is 15.5 Å². The smallest absolute Gasteiger partial charge is 0.256 e. The highest BCUT2D eigenvalue weighted by Crippen LogP contribution is 2.30. The van der Waals surface area contributed by atoms with Crippen LogP contribution >= 0.6 is 27.7 Å². The summed E-state index contributed by atoms with van der Waals surface area (Å²) in [5, 5.41) is 9.05. The van der Waals surface area contributed by atoms with Gasteiger partial charge in [-0.25, -0.2) is 0 Å². The average Bonchev–Trinajstić information content (AvgIpc) is 3.14. The van der Waals surface area contributed by atoms with E-state index in [9.17, 15) is 14.4 Å². The van der Waals surface area contributed by atoms with E-state index in [0.29, 0.717) is 30.6 Å². The van der Waals surface area contributed by atoms with E-state index >= 15 is 0 Å². The number of amides is 3. The first-order valence-electron chi connectivity index (χ1n) is 8.56. The number of anilines is 1. The molecule has 1 aromatic rings. The van der Waals surface area contributed by atoms with Gasteiger partial charge in [-0.2, -0.15) is 0 Å². The largest absolute Gasteiger partial charge is 0.352 e. The first-order chi connectivity index (χ1) is 12.5. The number of nitrogens with one attached hydrogen (secondary N) is 3. The molecule has 2 fully saturated rings. The Hall–Kier alpha value is -1.58. The van der Waals surface area contributed by atoms with Crippen molar-refractivity contribution in [3.63, 3.8) is 0 Å². The van der Waals surface area contributed by atoms with E-state index < -0.39 is 6.04 Å². The minimum absolute atomic E-state index is 0.0268. The van der Waals surface area contributed by atoms with Gasteiger partial charge in [-0.05, 0) is 31.0 Å². The van der Waals surface area contributed by atoms with Crippen molar-refractivity contribution in [2.45, 2.75) is 31.0 Å². The molecule has 0 aromatic heterocycles. The first-order valence-corrected chi connectivity index (χ1v) is 10.5. The van der Waals surface area contributed by atoms with Gasteiger partial charge in [0.15, 0.2) is 0 Å². The zero-order valence-electron chi connectivity index (χ0n) is 14.0. The molecule has 0 radical (unpaired) electrons. The molecular weight excluding hydrogens is 420 g/mol. The maximum absolute atomic E-state index is 12.9. The third-order valence-corrected chi connectivity index (χ3v) is 6.45. The summed E-state index contributed by atoms with van der Waals surface area (Å²) in [6.07, 6.45) is 1.07. The van der Waals surface area contributed by atoms with Gasteiger partial charge in [-0.3, -0.25) is 19.7 Å². The fourth-order valence-corrected chi connectivity index (χ4v) is 4.93. The maximum Gasteiger partial charge on any atom is 0.256 e. The van der Waals surface area contributed by atoms with Crippen molar-refractivity contribution in [3.8, 4) is 0 Å². The second-order valence-corrected chi connectivity index (χ2v) is 8.64. The molecule has 3 aliphatic rings. The number of carbonyl (C=O) groups excluding carboxylic acids is 3. The Balaban J connectivity index is 1.50. The van der Waals surface area contributed by atoms with Gasteiger partial charge < -0.3 is 15.5 Å². The predicted molar refractivity (Wildman–Crippen MR) is 103 cm³/mol. The van der Waals surface area contributed by atoms with Crippen molar-refractivity contribution in [2.75, 3.05) is 23.5 Å². The number of piperidine rings is 1. The van der Waals surface area contributed by atoms with Gasteiger partial charge in [-0.1, -0.05) is 15.9 Å². The number of nitrogens with zero attached hydrogens (tertiary/aromatic N) is 1. The molecule has 0 saturated carbocycles. The van der Waals surface area contributed by atoms with E-state index in [4.69, 9.17) is 0 Å². The molecule has 0 spiro atoms. The third kappa shape index (κ3) is 3.35. The van der Waals surface area contributed by atoms with E-state index in [1.165, 1.54) is 0 Å². The molecule has 3 N–H and O–H groups in total. The monoisotopic (exact) mass is 438 g/mol. The number of benzene rings is 1. The summed E-state index contributed by atoms with van der Waals surface area (Å²) >= 11 is 5.07. The highest BCUT2D eigenvalue weighted by atomic mass is 79.9. The van der Waals surface area contributed by atoms with Crippen molar-refractivity contribution in [3.05, 3.63) is 28.2 Å². The zero-order chi connectivity index (χ0) is 18.3. The van der Waals surface area contributed by atoms with Gasteiger partial charge in [0, 0.05) is 28.7 Å². The Bertz CT molecular complexity index is 768. The first kappa shape index (κ1) is 17.8. The minimum Gasteiger partial charge on any atom is -0.352 e. The number of carbonyl (C=O) groups is 3. The molecule has 3 atom stereocenters. The van der Waals surface area contributed by atoms with Crippen LogP contribution in [0.1, 0.15) is 23.2 Å². The minimum atomic E-state index is -0.571. The zero-order valence-corrected chi connectivity index (χ0v) is 16.4. The van der Waals surface area contributed by atoms with Crippen LogP contribution in [0.4, 0.5) is 5.69 Å².